The largest absolute Gasteiger partial charge is 0.468 e. The van der Waals surface area contributed by atoms with Crippen molar-refractivity contribution < 1.29 is 38.1 Å². The summed E-state index contributed by atoms with van der Waals surface area (Å²) in [6.45, 7) is 0. The van der Waals surface area contributed by atoms with Crippen molar-refractivity contribution in [3.8, 4) is 0 Å². The molecular formula is C26H28O8. The van der Waals surface area contributed by atoms with E-state index in [-0.39, 0.29) is 0 Å². The van der Waals surface area contributed by atoms with Crippen LogP contribution in [0.25, 0.3) is 0 Å². The number of ether oxygens (including phenoxy) is 4. The van der Waals surface area contributed by atoms with Crippen molar-refractivity contribution in [3.05, 3.63) is 71.3 Å². The van der Waals surface area contributed by atoms with Gasteiger partial charge in [-0.2, -0.15) is 0 Å². The van der Waals surface area contributed by atoms with E-state index < -0.39 is 53.5 Å². The maximum Gasteiger partial charge on any atom is 0.320 e. The van der Waals surface area contributed by atoms with E-state index in [4.69, 9.17) is 18.9 Å². The van der Waals surface area contributed by atoms with E-state index in [1.807, 2.05) is 54.6 Å². The molecule has 3 rings (SSSR count). The van der Waals surface area contributed by atoms with Gasteiger partial charge in [0, 0.05) is 5.92 Å². The first-order valence-electron chi connectivity index (χ1n) is 10.8. The zero-order valence-corrected chi connectivity index (χ0v) is 19.6. The van der Waals surface area contributed by atoms with Gasteiger partial charge in [0.25, 0.3) is 0 Å². The predicted octanol–water partition coefficient (Wildman–Crippen LogP) is 2.65. The minimum atomic E-state index is -1.32. The Kier molecular flexibility index (Phi) is 8.04. The van der Waals surface area contributed by atoms with Crippen molar-refractivity contribution in [2.24, 2.45) is 17.8 Å². The van der Waals surface area contributed by atoms with Gasteiger partial charge in [0.05, 0.1) is 28.4 Å². The van der Waals surface area contributed by atoms with Gasteiger partial charge in [-0.1, -0.05) is 54.6 Å². The minimum absolute atomic E-state index is 0.330. The van der Waals surface area contributed by atoms with E-state index in [9.17, 15) is 19.2 Å². The van der Waals surface area contributed by atoms with Gasteiger partial charge in [0.15, 0.2) is 11.8 Å². The molecule has 0 unspecified atom stereocenters. The Morgan fingerprint density at radius 1 is 0.676 bits per heavy atom. The van der Waals surface area contributed by atoms with E-state index in [1.54, 1.807) is 0 Å². The van der Waals surface area contributed by atoms with Crippen LogP contribution in [-0.2, 0) is 44.5 Å². The fourth-order valence-electron chi connectivity index (χ4n) is 5.07. The van der Waals surface area contributed by atoms with Crippen molar-refractivity contribution in [1.82, 2.24) is 0 Å². The van der Waals surface area contributed by atoms with Crippen molar-refractivity contribution in [1.29, 1.82) is 0 Å². The van der Waals surface area contributed by atoms with Gasteiger partial charge in [0.1, 0.15) is 0 Å². The van der Waals surface area contributed by atoms with Gasteiger partial charge in [-0.3, -0.25) is 19.2 Å². The van der Waals surface area contributed by atoms with Crippen LogP contribution in [0.3, 0.4) is 0 Å². The summed E-state index contributed by atoms with van der Waals surface area (Å²) in [6.07, 6.45) is 0.330. The quantitative estimate of drug-likeness (QED) is 0.347. The van der Waals surface area contributed by atoms with Crippen LogP contribution in [0, 0.1) is 17.8 Å². The number of carbonyl (C=O) groups is 4. The first-order chi connectivity index (χ1) is 16.4. The van der Waals surface area contributed by atoms with Crippen LogP contribution in [0.5, 0.6) is 0 Å². The van der Waals surface area contributed by atoms with Crippen molar-refractivity contribution in [2.75, 3.05) is 28.4 Å². The van der Waals surface area contributed by atoms with Crippen LogP contribution in [0.4, 0.5) is 0 Å². The van der Waals surface area contributed by atoms with Crippen LogP contribution in [0.2, 0.25) is 0 Å². The number of carbonyl (C=O) groups excluding carboxylic acids is 4. The number of fused-ring (bicyclic) bond motifs is 1. The molecule has 0 aromatic heterocycles. The summed E-state index contributed by atoms with van der Waals surface area (Å²) in [5.41, 5.74) is 2.31. The number of rotatable bonds is 7. The van der Waals surface area contributed by atoms with E-state index >= 15 is 0 Å². The standard InChI is InChI=1S/C26H28O8/c1-31-23(27)21(24(28)32-2)18-14-16-12-8-9-13-17(16)20(19(18)15-10-6-5-7-11-15)22(25(29)33-3)26(30)34-4/h5-13,18-22H,14H2,1-4H3/t18-,19+,20+/m1/s1. The van der Waals surface area contributed by atoms with E-state index in [0.717, 1.165) is 16.7 Å². The molecule has 0 spiro atoms. The van der Waals surface area contributed by atoms with Crippen LogP contribution < -0.4 is 0 Å². The van der Waals surface area contributed by atoms with E-state index in [0.29, 0.717) is 6.42 Å². The lowest BCUT2D eigenvalue weighted by Crippen LogP contribution is -2.45. The minimum Gasteiger partial charge on any atom is -0.468 e. The highest BCUT2D eigenvalue weighted by atomic mass is 16.5. The molecule has 1 aliphatic carbocycles. The molecule has 0 amide bonds. The zero-order chi connectivity index (χ0) is 24.8. The highest BCUT2D eigenvalue weighted by Gasteiger charge is 2.53. The van der Waals surface area contributed by atoms with Crippen LogP contribution >= 0.6 is 0 Å². The van der Waals surface area contributed by atoms with Gasteiger partial charge >= 0.3 is 23.9 Å². The summed E-state index contributed by atoms with van der Waals surface area (Å²) in [6, 6.07) is 16.5. The summed E-state index contributed by atoms with van der Waals surface area (Å²) < 4.78 is 19.9. The smallest absolute Gasteiger partial charge is 0.320 e. The van der Waals surface area contributed by atoms with Gasteiger partial charge in [-0.05, 0) is 34.9 Å². The Morgan fingerprint density at radius 3 is 1.68 bits per heavy atom. The number of hydrogen-bond donors (Lipinski definition) is 0. The average molecular weight is 469 g/mol. The van der Waals surface area contributed by atoms with Crippen LogP contribution in [0.1, 0.15) is 28.5 Å². The Labute approximate surface area is 198 Å². The second-order valence-electron chi connectivity index (χ2n) is 8.08. The molecule has 0 aliphatic heterocycles. The van der Waals surface area contributed by atoms with E-state index in [2.05, 4.69) is 0 Å². The number of methoxy groups -OCH3 is 4. The molecule has 180 valence electrons. The monoisotopic (exact) mass is 468 g/mol. The van der Waals surface area contributed by atoms with E-state index in [1.165, 1.54) is 28.4 Å². The lowest BCUT2D eigenvalue weighted by atomic mass is 9.59. The molecule has 1 aliphatic rings. The average Bonchev–Trinajstić information content (AvgIpc) is 2.88. The molecule has 0 saturated heterocycles. The number of esters is 4. The molecule has 34 heavy (non-hydrogen) atoms. The fourth-order valence-corrected chi connectivity index (χ4v) is 5.07. The molecule has 0 heterocycles. The molecule has 0 radical (unpaired) electrons. The third-order valence-corrected chi connectivity index (χ3v) is 6.51. The highest BCUT2D eigenvalue weighted by molar-refractivity contribution is 5.97. The lowest BCUT2D eigenvalue weighted by Gasteiger charge is -2.43. The molecule has 0 bridgehead atoms. The predicted molar refractivity (Wildman–Crippen MR) is 121 cm³/mol. The second kappa shape index (κ2) is 11.0. The van der Waals surface area contributed by atoms with Gasteiger partial charge in [-0.25, -0.2) is 0 Å². The SMILES string of the molecule is COC(=O)C(C(=O)OC)[C@H]1c2ccccc2C[C@@H](C(C(=O)OC)C(=O)OC)[C@@H]1c1ccccc1. The Morgan fingerprint density at radius 2 is 1.15 bits per heavy atom. The third-order valence-electron chi connectivity index (χ3n) is 6.51. The van der Waals surface area contributed by atoms with Crippen molar-refractivity contribution in [2.45, 2.75) is 18.3 Å². The fraction of sp³-hybridized carbons (Fsp3) is 0.385. The summed E-state index contributed by atoms with van der Waals surface area (Å²) in [5, 5.41) is 0. The van der Waals surface area contributed by atoms with Gasteiger partial charge in [0.2, 0.25) is 0 Å². The summed E-state index contributed by atoms with van der Waals surface area (Å²) in [4.78, 5) is 51.6. The zero-order valence-electron chi connectivity index (χ0n) is 19.6. The molecule has 2 aromatic carbocycles. The normalized spacial score (nSPS) is 19.2. The molecule has 8 heteroatoms. The molecule has 0 fully saturated rings. The van der Waals surface area contributed by atoms with Crippen LogP contribution in [-0.4, -0.2) is 52.3 Å². The topological polar surface area (TPSA) is 105 Å². The molecular weight excluding hydrogens is 440 g/mol. The maximum absolute atomic E-state index is 12.9. The summed E-state index contributed by atoms with van der Waals surface area (Å²) >= 11 is 0. The van der Waals surface area contributed by atoms with Crippen molar-refractivity contribution >= 4 is 23.9 Å². The first kappa shape index (κ1) is 25.0. The first-order valence-corrected chi connectivity index (χ1v) is 10.8. The maximum atomic E-state index is 12.9. The molecule has 2 aromatic rings. The second-order valence-corrected chi connectivity index (χ2v) is 8.08. The molecule has 0 saturated carbocycles. The summed E-state index contributed by atoms with van der Waals surface area (Å²) in [5.74, 6) is -7.66. The van der Waals surface area contributed by atoms with Gasteiger partial charge in [-0.15, -0.1) is 0 Å². The Hall–Kier alpha value is -3.68. The van der Waals surface area contributed by atoms with Gasteiger partial charge < -0.3 is 18.9 Å². The molecule has 0 N–H and O–H groups in total. The number of hydrogen-bond acceptors (Lipinski definition) is 8. The Bertz CT molecular complexity index is 1020. The third kappa shape index (κ3) is 4.66. The number of benzene rings is 2. The lowest BCUT2D eigenvalue weighted by molar-refractivity contribution is -0.162. The Balaban J connectivity index is 2.33. The molecule has 3 atom stereocenters. The van der Waals surface area contributed by atoms with Crippen LogP contribution in [0.15, 0.2) is 54.6 Å². The summed E-state index contributed by atoms with van der Waals surface area (Å²) in [7, 11) is 4.81. The highest BCUT2D eigenvalue weighted by Crippen LogP contribution is 2.52. The molecule has 8 nitrogen and oxygen atoms in total. The van der Waals surface area contributed by atoms with Crippen molar-refractivity contribution in [3.63, 3.8) is 0 Å².